The Morgan fingerprint density at radius 2 is 2.07 bits per heavy atom. The van der Waals surface area contributed by atoms with Crippen molar-refractivity contribution in [1.82, 2.24) is 4.90 Å². The highest BCUT2D eigenvalue weighted by Gasteiger charge is 2.39. The summed E-state index contributed by atoms with van der Waals surface area (Å²) in [6.07, 6.45) is 1.44. The smallest absolute Gasteiger partial charge is 0.415 e. The number of carbonyl (C=O) groups excluding carboxylic acids is 1. The van der Waals surface area contributed by atoms with E-state index in [1.807, 2.05) is 44.4 Å². The Labute approximate surface area is 195 Å². The monoisotopic (exact) mass is 561 g/mol. The average molecular weight is 564 g/mol. The zero-order valence-corrected chi connectivity index (χ0v) is 20.8. The van der Waals surface area contributed by atoms with E-state index in [4.69, 9.17) is 16.3 Å². The van der Waals surface area contributed by atoms with E-state index in [1.54, 1.807) is 11.0 Å². The molecule has 1 aliphatic heterocycles. The van der Waals surface area contributed by atoms with Crippen LogP contribution in [0.3, 0.4) is 0 Å². The molecule has 2 aromatic rings. The van der Waals surface area contributed by atoms with Gasteiger partial charge in [-0.3, -0.25) is 4.90 Å². The summed E-state index contributed by atoms with van der Waals surface area (Å²) >= 11 is 15.1. The number of benzene rings is 1. The van der Waals surface area contributed by atoms with Crippen molar-refractivity contribution in [3.63, 3.8) is 0 Å². The Morgan fingerprint density at radius 3 is 2.62 bits per heavy atom. The number of rotatable bonds is 3. The molecule has 3 rings (SSSR count). The van der Waals surface area contributed by atoms with Crippen LogP contribution in [-0.2, 0) is 4.74 Å². The van der Waals surface area contributed by atoms with Gasteiger partial charge in [0.2, 0.25) is 0 Å². The van der Waals surface area contributed by atoms with Crippen LogP contribution in [0, 0.1) is 5.82 Å². The molecule has 0 unspecified atom stereocenters. The second-order valence-corrected chi connectivity index (χ2v) is 10.2. The van der Waals surface area contributed by atoms with Crippen LogP contribution in [0.5, 0.6) is 0 Å². The first-order valence-electron chi connectivity index (χ1n) is 8.79. The molecule has 0 aliphatic carbocycles. The van der Waals surface area contributed by atoms with Crippen LogP contribution in [0.4, 0.5) is 9.18 Å². The summed E-state index contributed by atoms with van der Waals surface area (Å²) in [5.41, 5.74) is 1.59. The zero-order chi connectivity index (χ0) is 21.3. The lowest BCUT2D eigenvalue weighted by molar-refractivity contribution is 0.0313. The lowest BCUT2D eigenvalue weighted by Crippen LogP contribution is -2.40. The molecule has 1 aromatic carbocycles. The van der Waals surface area contributed by atoms with Crippen molar-refractivity contribution in [2.75, 3.05) is 5.33 Å². The molecule has 154 valence electrons. The molecule has 0 saturated heterocycles. The number of nitrogens with zero attached hydrogens (tertiary/aromatic N) is 1. The van der Waals surface area contributed by atoms with E-state index in [0.29, 0.717) is 16.6 Å². The second-order valence-electron chi connectivity index (χ2n) is 7.43. The molecule has 1 aliphatic rings. The minimum atomic E-state index is -0.680. The Hall–Kier alpha value is -1.15. The first-order valence-corrected chi connectivity index (χ1v) is 12.0. The van der Waals surface area contributed by atoms with E-state index < -0.39 is 23.6 Å². The summed E-state index contributed by atoms with van der Waals surface area (Å²) in [5, 5.41) is 2.76. The topological polar surface area (TPSA) is 29.5 Å². The predicted molar refractivity (Wildman–Crippen MR) is 124 cm³/mol. The molecule has 0 bridgehead atoms. The first-order chi connectivity index (χ1) is 13.6. The normalized spacial score (nSPS) is 17.4. The highest BCUT2D eigenvalue weighted by Crippen LogP contribution is 2.47. The Kier molecular flexibility index (Phi) is 6.93. The molecular formula is C21H19Br2ClFNO2S. The van der Waals surface area contributed by atoms with Crippen LogP contribution >= 0.6 is 54.8 Å². The van der Waals surface area contributed by atoms with Gasteiger partial charge in [-0.1, -0.05) is 55.6 Å². The predicted octanol–water partition coefficient (Wildman–Crippen LogP) is 7.92. The molecule has 0 spiro atoms. The van der Waals surface area contributed by atoms with Gasteiger partial charge in [0.05, 0.1) is 16.6 Å². The van der Waals surface area contributed by atoms with Crippen LogP contribution in [0.15, 0.2) is 51.8 Å². The maximum absolute atomic E-state index is 13.7. The van der Waals surface area contributed by atoms with Gasteiger partial charge in [0, 0.05) is 14.8 Å². The van der Waals surface area contributed by atoms with Crippen molar-refractivity contribution in [3.05, 3.63) is 73.1 Å². The van der Waals surface area contributed by atoms with E-state index in [9.17, 15) is 9.18 Å². The number of thiophene rings is 1. The summed E-state index contributed by atoms with van der Waals surface area (Å²) in [4.78, 5) is 15.8. The molecule has 0 radical (unpaired) electrons. The lowest BCUT2D eigenvalue weighted by Gasteiger charge is -2.38. The van der Waals surface area contributed by atoms with E-state index in [-0.39, 0.29) is 5.02 Å². The van der Waals surface area contributed by atoms with Gasteiger partial charge >= 0.3 is 6.09 Å². The molecule has 3 nitrogen and oxygen atoms in total. The Bertz CT molecular complexity index is 983. The summed E-state index contributed by atoms with van der Waals surface area (Å²) in [5.74, 6) is -0.437. The zero-order valence-electron chi connectivity index (χ0n) is 16.0. The second kappa shape index (κ2) is 8.92. The fourth-order valence-electron chi connectivity index (χ4n) is 2.96. The largest absolute Gasteiger partial charge is 0.443 e. The van der Waals surface area contributed by atoms with Gasteiger partial charge in [-0.15, -0.1) is 11.3 Å². The van der Waals surface area contributed by atoms with Crippen LogP contribution in [0.25, 0.3) is 5.70 Å². The first kappa shape index (κ1) is 22.5. The van der Waals surface area contributed by atoms with Crippen molar-refractivity contribution in [2.24, 2.45) is 0 Å². The Morgan fingerprint density at radius 1 is 1.34 bits per heavy atom. The molecule has 1 atom stereocenters. The highest BCUT2D eigenvalue weighted by atomic mass is 79.9. The summed E-state index contributed by atoms with van der Waals surface area (Å²) in [7, 11) is 0. The van der Waals surface area contributed by atoms with Gasteiger partial charge in [0.1, 0.15) is 11.4 Å². The number of halogens is 4. The quantitative estimate of drug-likeness (QED) is 0.355. The van der Waals surface area contributed by atoms with Crippen LogP contribution < -0.4 is 0 Å². The Balaban J connectivity index is 2.22. The number of carbonyl (C=O) groups is 1. The third-order valence-electron chi connectivity index (χ3n) is 4.14. The van der Waals surface area contributed by atoms with Gasteiger partial charge < -0.3 is 4.74 Å². The number of hydrogen-bond acceptors (Lipinski definition) is 3. The summed E-state index contributed by atoms with van der Waals surface area (Å²) in [6.45, 7) is 5.45. The standard InChI is InChI=1S/C21H19Br2ClFNO2S/c1-21(2,3)28-20(27)26-16(17-5-4-8-29-17)9-12(11-22)18(23)19(26)14-7-6-13(25)10-15(14)24/h4-10,19H,11H2,1-3H3/t19-/m0/s1. The number of amides is 1. The van der Waals surface area contributed by atoms with E-state index >= 15 is 0 Å². The maximum atomic E-state index is 13.7. The van der Waals surface area contributed by atoms with E-state index in [1.165, 1.54) is 23.5 Å². The van der Waals surface area contributed by atoms with Gasteiger partial charge in [0.25, 0.3) is 0 Å². The van der Waals surface area contributed by atoms with Gasteiger partial charge in [-0.05, 0) is 61.6 Å². The van der Waals surface area contributed by atoms with E-state index in [2.05, 4.69) is 31.9 Å². The van der Waals surface area contributed by atoms with Crippen LogP contribution in [-0.4, -0.2) is 21.9 Å². The van der Waals surface area contributed by atoms with Crippen molar-refractivity contribution < 1.29 is 13.9 Å². The van der Waals surface area contributed by atoms with Crippen molar-refractivity contribution in [1.29, 1.82) is 0 Å². The molecule has 0 fully saturated rings. The number of ether oxygens (including phenoxy) is 1. The lowest BCUT2D eigenvalue weighted by atomic mass is 9.97. The minimum absolute atomic E-state index is 0.238. The molecule has 1 aromatic heterocycles. The molecular weight excluding hydrogens is 545 g/mol. The van der Waals surface area contributed by atoms with Crippen LogP contribution in [0.1, 0.15) is 37.3 Å². The summed E-state index contributed by atoms with van der Waals surface area (Å²) in [6, 6.07) is 7.47. The fourth-order valence-corrected chi connectivity index (χ4v) is 5.52. The molecule has 29 heavy (non-hydrogen) atoms. The van der Waals surface area contributed by atoms with E-state index in [0.717, 1.165) is 14.9 Å². The van der Waals surface area contributed by atoms with Gasteiger partial charge in [-0.2, -0.15) is 0 Å². The van der Waals surface area contributed by atoms with Gasteiger partial charge in [-0.25, -0.2) is 9.18 Å². The number of allylic oxidation sites excluding steroid dienone is 2. The summed E-state index contributed by atoms with van der Waals surface area (Å²) < 4.78 is 20.2. The average Bonchev–Trinajstić information content (AvgIpc) is 3.15. The third kappa shape index (κ3) is 4.95. The SMILES string of the molecule is CC(C)(C)OC(=O)N1C(c2cccs2)=CC(CBr)=C(Br)[C@@H]1c1ccc(F)cc1Cl. The highest BCUT2D eigenvalue weighted by molar-refractivity contribution is 9.12. The minimum Gasteiger partial charge on any atom is -0.443 e. The van der Waals surface area contributed by atoms with Crippen molar-refractivity contribution >= 4 is 66.6 Å². The van der Waals surface area contributed by atoms with Crippen molar-refractivity contribution in [3.8, 4) is 0 Å². The van der Waals surface area contributed by atoms with Crippen LogP contribution in [0.2, 0.25) is 5.02 Å². The number of hydrogen-bond donors (Lipinski definition) is 0. The molecule has 8 heteroatoms. The fraction of sp³-hybridized carbons (Fsp3) is 0.286. The van der Waals surface area contributed by atoms with Crippen molar-refractivity contribution in [2.45, 2.75) is 32.4 Å². The molecule has 0 saturated carbocycles. The molecule has 1 amide bonds. The maximum Gasteiger partial charge on any atom is 0.415 e. The van der Waals surface area contributed by atoms with Gasteiger partial charge in [0.15, 0.2) is 0 Å². The molecule has 0 N–H and O–H groups in total. The number of alkyl halides is 1. The third-order valence-corrected chi connectivity index (χ3v) is 6.91. The molecule has 2 heterocycles.